The maximum absolute atomic E-state index is 13.1. The van der Waals surface area contributed by atoms with Crippen LogP contribution in [0.15, 0.2) is 53.4 Å². The normalized spacial score (nSPS) is 18.4. The molecule has 150 valence electrons. The topological polar surface area (TPSA) is 86.7 Å². The third-order valence-corrected chi connectivity index (χ3v) is 6.74. The second kappa shape index (κ2) is 8.03. The molecule has 0 spiro atoms. The van der Waals surface area contributed by atoms with Gasteiger partial charge in [-0.05, 0) is 49.9 Å². The van der Waals surface area contributed by atoms with Gasteiger partial charge in [0.1, 0.15) is 6.04 Å². The van der Waals surface area contributed by atoms with E-state index in [2.05, 4.69) is 4.72 Å². The molecule has 3 atom stereocenters. The highest BCUT2D eigenvalue weighted by Gasteiger charge is 2.36. The average Bonchev–Trinajstić information content (AvgIpc) is 3.09. The number of hydrogen-bond acceptors (Lipinski definition) is 4. The third-order valence-electron chi connectivity index (χ3n) is 5.28. The summed E-state index contributed by atoms with van der Waals surface area (Å²) in [5.74, 6) is -0.451. The molecule has 0 aliphatic heterocycles. The molecule has 2 aromatic carbocycles. The van der Waals surface area contributed by atoms with Gasteiger partial charge >= 0.3 is 0 Å². The summed E-state index contributed by atoms with van der Waals surface area (Å²) < 4.78 is 27.8. The minimum Gasteiger partial charge on any atom is -0.391 e. The number of nitrogens with zero attached hydrogens (tertiary/aromatic N) is 1. The molecule has 0 saturated heterocycles. The number of aliphatic hydroxyl groups is 1. The number of aryl methyl sites for hydroxylation is 2. The van der Waals surface area contributed by atoms with Crippen LogP contribution in [0, 0.1) is 6.92 Å². The van der Waals surface area contributed by atoms with Crippen LogP contribution in [-0.2, 0) is 21.2 Å². The highest BCUT2D eigenvalue weighted by atomic mass is 32.2. The zero-order chi connectivity index (χ0) is 20.5. The first kappa shape index (κ1) is 20.5. The number of aliphatic hydroxyl groups excluding tert-OH is 1. The molecule has 0 radical (unpaired) electrons. The minimum absolute atomic E-state index is 0.0606. The van der Waals surface area contributed by atoms with Crippen LogP contribution in [0.5, 0.6) is 0 Å². The maximum atomic E-state index is 13.1. The quantitative estimate of drug-likeness (QED) is 0.775. The number of likely N-dealkylation sites (N-methyl/N-ethyl adjacent to an activating group) is 1. The van der Waals surface area contributed by atoms with Gasteiger partial charge in [0.05, 0.1) is 17.0 Å². The zero-order valence-corrected chi connectivity index (χ0v) is 17.1. The summed E-state index contributed by atoms with van der Waals surface area (Å²) in [5.41, 5.74) is 3.20. The van der Waals surface area contributed by atoms with Crippen molar-refractivity contribution in [2.45, 2.75) is 49.8 Å². The maximum Gasteiger partial charge on any atom is 0.243 e. The van der Waals surface area contributed by atoms with Crippen LogP contribution >= 0.6 is 0 Å². The van der Waals surface area contributed by atoms with Crippen molar-refractivity contribution in [3.8, 4) is 0 Å². The SMILES string of the molecule is Cc1ccc(S(=O)(=O)NC(C(=O)N(C)C2CCc3ccccc32)C(C)O)cc1. The number of benzene rings is 2. The summed E-state index contributed by atoms with van der Waals surface area (Å²) in [5, 5.41) is 10.1. The van der Waals surface area contributed by atoms with Gasteiger partial charge in [0, 0.05) is 7.05 Å². The van der Waals surface area contributed by atoms with Crippen molar-refractivity contribution in [3.63, 3.8) is 0 Å². The Morgan fingerprint density at radius 2 is 1.82 bits per heavy atom. The lowest BCUT2D eigenvalue weighted by Gasteiger charge is -2.31. The summed E-state index contributed by atoms with van der Waals surface area (Å²) in [6.45, 7) is 3.27. The Balaban J connectivity index is 1.82. The number of amides is 1. The van der Waals surface area contributed by atoms with E-state index in [0.717, 1.165) is 24.0 Å². The van der Waals surface area contributed by atoms with Gasteiger partial charge in [0.2, 0.25) is 15.9 Å². The third kappa shape index (κ3) is 4.11. The molecule has 0 saturated carbocycles. The Morgan fingerprint density at radius 3 is 2.46 bits per heavy atom. The summed E-state index contributed by atoms with van der Waals surface area (Å²) in [7, 11) is -2.28. The van der Waals surface area contributed by atoms with Crippen LogP contribution in [0.1, 0.15) is 36.1 Å². The Hall–Kier alpha value is -2.22. The van der Waals surface area contributed by atoms with Gasteiger partial charge in [0.25, 0.3) is 0 Å². The highest BCUT2D eigenvalue weighted by Crippen LogP contribution is 2.35. The van der Waals surface area contributed by atoms with Gasteiger partial charge in [0.15, 0.2) is 0 Å². The molecule has 28 heavy (non-hydrogen) atoms. The fourth-order valence-corrected chi connectivity index (χ4v) is 4.88. The molecule has 3 unspecified atom stereocenters. The summed E-state index contributed by atoms with van der Waals surface area (Å²) >= 11 is 0. The lowest BCUT2D eigenvalue weighted by atomic mass is 10.1. The average molecular weight is 403 g/mol. The molecule has 2 aromatic rings. The minimum atomic E-state index is -3.94. The smallest absolute Gasteiger partial charge is 0.243 e. The van der Waals surface area contributed by atoms with Crippen LogP contribution in [0.25, 0.3) is 0 Å². The predicted molar refractivity (Wildman–Crippen MR) is 107 cm³/mol. The molecule has 1 aliphatic rings. The van der Waals surface area contributed by atoms with E-state index in [1.54, 1.807) is 24.1 Å². The second-order valence-corrected chi connectivity index (χ2v) is 9.07. The molecule has 0 bridgehead atoms. The van der Waals surface area contributed by atoms with Crippen molar-refractivity contribution in [1.29, 1.82) is 0 Å². The molecule has 0 aromatic heterocycles. The van der Waals surface area contributed by atoms with E-state index in [4.69, 9.17) is 0 Å². The fraction of sp³-hybridized carbons (Fsp3) is 0.381. The molecule has 2 N–H and O–H groups in total. The van der Waals surface area contributed by atoms with Gasteiger partial charge in [-0.1, -0.05) is 42.0 Å². The number of carbonyl (C=O) groups is 1. The number of nitrogens with one attached hydrogen (secondary N) is 1. The van der Waals surface area contributed by atoms with Crippen LogP contribution < -0.4 is 4.72 Å². The summed E-state index contributed by atoms with van der Waals surface area (Å²) in [6.07, 6.45) is 0.470. The fourth-order valence-electron chi connectivity index (χ4n) is 3.62. The molecule has 3 rings (SSSR count). The first-order chi connectivity index (χ1) is 13.2. The van der Waals surface area contributed by atoms with Crippen molar-refractivity contribution in [3.05, 3.63) is 65.2 Å². The van der Waals surface area contributed by atoms with E-state index in [1.165, 1.54) is 24.6 Å². The Labute approximate surface area is 166 Å². The van der Waals surface area contributed by atoms with Gasteiger partial charge in [-0.2, -0.15) is 4.72 Å². The number of rotatable bonds is 6. The van der Waals surface area contributed by atoms with Gasteiger partial charge in [-0.15, -0.1) is 0 Å². The van der Waals surface area contributed by atoms with E-state index in [0.29, 0.717) is 0 Å². The van der Waals surface area contributed by atoms with E-state index < -0.39 is 28.1 Å². The van der Waals surface area contributed by atoms with Crippen LogP contribution in [0.3, 0.4) is 0 Å². The molecular formula is C21H26N2O4S. The van der Waals surface area contributed by atoms with Gasteiger partial charge < -0.3 is 10.0 Å². The number of sulfonamides is 1. The van der Waals surface area contributed by atoms with E-state index in [1.807, 2.05) is 31.2 Å². The van der Waals surface area contributed by atoms with Crippen LogP contribution in [0.2, 0.25) is 0 Å². The molecule has 1 amide bonds. The summed E-state index contributed by atoms with van der Waals surface area (Å²) in [6, 6.07) is 12.9. The van der Waals surface area contributed by atoms with E-state index in [-0.39, 0.29) is 10.9 Å². The number of fused-ring (bicyclic) bond motifs is 1. The van der Waals surface area contributed by atoms with Crippen molar-refractivity contribution < 1.29 is 18.3 Å². The van der Waals surface area contributed by atoms with Crippen LogP contribution in [-0.4, -0.2) is 43.5 Å². The lowest BCUT2D eigenvalue weighted by molar-refractivity contribution is -0.136. The molecule has 6 nitrogen and oxygen atoms in total. The first-order valence-corrected chi connectivity index (χ1v) is 10.8. The Bertz CT molecular complexity index is 955. The summed E-state index contributed by atoms with van der Waals surface area (Å²) in [4.78, 5) is 14.7. The number of hydrogen-bond donors (Lipinski definition) is 2. The van der Waals surface area contributed by atoms with Gasteiger partial charge in [-0.25, -0.2) is 8.42 Å². The largest absolute Gasteiger partial charge is 0.391 e. The Kier molecular flexibility index (Phi) is 5.88. The second-order valence-electron chi connectivity index (χ2n) is 7.36. The van der Waals surface area contributed by atoms with Crippen molar-refractivity contribution in [2.75, 3.05) is 7.05 Å². The van der Waals surface area contributed by atoms with Crippen LogP contribution in [0.4, 0.5) is 0 Å². The van der Waals surface area contributed by atoms with E-state index >= 15 is 0 Å². The van der Waals surface area contributed by atoms with Gasteiger partial charge in [-0.3, -0.25) is 4.79 Å². The zero-order valence-electron chi connectivity index (χ0n) is 16.3. The predicted octanol–water partition coefficient (Wildman–Crippen LogP) is 2.17. The number of carbonyl (C=O) groups excluding carboxylic acids is 1. The lowest BCUT2D eigenvalue weighted by Crippen LogP contribution is -2.53. The first-order valence-electron chi connectivity index (χ1n) is 9.32. The van der Waals surface area contributed by atoms with Crippen molar-refractivity contribution in [1.82, 2.24) is 9.62 Å². The van der Waals surface area contributed by atoms with Crippen molar-refractivity contribution in [2.24, 2.45) is 0 Å². The molecule has 7 heteroatoms. The Morgan fingerprint density at radius 1 is 1.18 bits per heavy atom. The molecule has 0 fully saturated rings. The monoisotopic (exact) mass is 402 g/mol. The highest BCUT2D eigenvalue weighted by molar-refractivity contribution is 7.89. The molecule has 0 heterocycles. The molecular weight excluding hydrogens is 376 g/mol. The van der Waals surface area contributed by atoms with Crippen molar-refractivity contribution >= 4 is 15.9 Å². The molecule has 1 aliphatic carbocycles. The van der Waals surface area contributed by atoms with E-state index in [9.17, 15) is 18.3 Å². The standard InChI is InChI=1S/C21H26N2O4S/c1-14-8-11-17(12-9-14)28(26,27)22-20(15(2)24)21(25)23(3)19-13-10-16-6-4-5-7-18(16)19/h4-9,11-12,15,19-20,22,24H,10,13H2,1-3H3.